The van der Waals surface area contributed by atoms with E-state index in [1.54, 1.807) is 0 Å². The molecule has 1 atom stereocenters. The van der Waals surface area contributed by atoms with Gasteiger partial charge in [0.2, 0.25) is 0 Å². The number of rotatable bonds is 9. The molecule has 0 saturated heterocycles. The standard InChI is InChI=1S/C15H29NO2/c1-7-10-12-15(4,5)18-14(17-9-3)13(16-6)11-8-2/h10-12,14,16H,7-9H2,1-6H3/b12-10-,13-11+. The summed E-state index contributed by atoms with van der Waals surface area (Å²) in [5, 5.41) is 3.15. The largest absolute Gasteiger partial charge is 0.388 e. The van der Waals surface area contributed by atoms with E-state index in [0.717, 1.165) is 18.5 Å². The predicted octanol–water partition coefficient (Wildman–Crippen LogP) is 3.62. The Morgan fingerprint density at radius 1 is 1.22 bits per heavy atom. The van der Waals surface area contributed by atoms with E-state index < -0.39 is 0 Å². The molecule has 0 spiro atoms. The molecule has 0 bridgehead atoms. The molecule has 0 aromatic heterocycles. The van der Waals surface area contributed by atoms with Gasteiger partial charge in [-0.25, -0.2) is 0 Å². The van der Waals surface area contributed by atoms with E-state index in [0.29, 0.717) is 6.61 Å². The molecule has 0 saturated carbocycles. The first-order valence-corrected chi connectivity index (χ1v) is 6.85. The molecule has 0 aliphatic carbocycles. The normalized spacial score (nSPS) is 15.1. The molecular weight excluding hydrogens is 226 g/mol. The van der Waals surface area contributed by atoms with Gasteiger partial charge in [-0.1, -0.05) is 32.1 Å². The molecule has 0 heterocycles. The van der Waals surface area contributed by atoms with Crippen LogP contribution in [0.25, 0.3) is 0 Å². The third kappa shape index (κ3) is 6.82. The number of likely N-dealkylation sites (N-methyl/N-ethyl adjacent to an activating group) is 1. The van der Waals surface area contributed by atoms with E-state index >= 15 is 0 Å². The van der Waals surface area contributed by atoms with Crippen LogP contribution in [0, 0.1) is 0 Å². The van der Waals surface area contributed by atoms with Crippen LogP contribution < -0.4 is 5.32 Å². The van der Waals surface area contributed by atoms with Crippen LogP contribution in [0.1, 0.15) is 47.5 Å². The summed E-state index contributed by atoms with van der Waals surface area (Å²) in [6, 6.07) is 0. The molecule has 0 rings (SSSR count). The lowest BCUT2D eigenvalue weighted by Crippen LogP contribution is -2.35. The van der Waals surface area contributed by atoms with Gasteiger partial charge >= 0.3 is 0 Å². The average Bonchev–Trinajstić information content (AvgIpc) is 2.33. The smallest absolute Gasteiger partial charge is 0.199 e. The first kappa shape index (κ1) is 17.2. The highest BCUT2D eigenvalue weighted by Crippen LogP contribution is 2.19. The van der Waals surface area contributed by atoms with Gasteiger partial charge in [0.05, 0.1) is 11.3 Å². The lowest BCUT2D eigenvalue weighted by Gasteiger charge is -2.29. The van der Waals surface area contributed by atoms with Crippen molar-refractivity contribution in [1.29, 1.82) is 0 Å². The molecule has 106 valence electrons. The number of allylic oxidation sites excluding steroid dienone is 2. The zero-order valence-corrected chi connectivity index (χ0v) is 12.7. The summed E-state index contributed by atoms with van der Waals surface area (Å²) >= 11 is 0. The van der Waals surface area contributed by atoms with E-state index in [1.165, 1.54) is 0 Å². The van der Waals surface area contributed by atoms with Crippen molar-refractivity contribution in [3.05, 3.63) is 23.9 Å². The van der Waals surface area contributed by atoms with Gasteiger partial charge in [0.1, 0.15) is 0 Å². The molecule has 1 unspecified atom stereocenters. The van der Waals surface area contributed by atoms with Gasteiger partial charge in [-0.05, 0) is 33.6 Å². The van der Waals surface area contributed by atoms with Gasteiger partial charge in [-0.2, -0.15) is 0 Å². The van der Waals surface area contributed by atoms with Crippen LogP contribution in [0.2, 0.25) is 0 Å². The number of hydrogen-bond acceptors (Lipinski definition) is 3. The summed E-state index contributed by atoms with van der Waals surface area (Å²) in [7, 11) is 1.89. The van der Waals surface area contributed by atoms with Crippen molar-refractivity contribution in [3.8, 4) is 0 Å². The molecule has 3 nitrogen and oxygen atoms in total. The lowest BCUT2D eigenvalue weighted by molar-refractivity contribution is -0.164. The van der Waals surface area contributed by atoms with Crippen LogP contribution in [-0.4, -0.2) is 25.5 Å². The fourth-order valence-corrected chi connectivity index (χ4v) is 1.59. The van der Waals surface area contributed by atoms with E-state index in [4.69, 9.17) is 9.47 Å². The van der Waals surface area contributed by atoms with Crippen LogP contribution in [0.4, 0.5) is 0 Å². The van der Waals surface area contributed by atoms with Crippen molar-refractivity contribution in [1.82, 2.24) is 5.32 Å². The minimum absolute atomic E-state index is 0.334. The highest BCUT2D eigenvalue weighted by Gasteiger charge is 2.23. The third-order valence-electron chi connectivity index (χ3n) is 2.45. The van der Waals surface area contributed by atoms with Crippen LogP contribution in [0.15, 0.2) is 23.9 Å². The Labute approximate surface area is 112 Å². The number of ether oxygens (including phenoxy) is 2. The summed E-state index contributed by atoms with van der Waals surface area (Å²) < 4.78 is 11.7. The average molecular weight is 255 g/mol. The van der Waals surface area contributed by atoms with Crippen molar-refractivity contribution in [3.63, 3.8) is 0 Å². The Morgan fingerprint density at radius 2 is 1.89 bits per heavy atom. The summed E-state index contributed by atoms with van der Waals surface area (Å²) in [5.41, 5.74) is 0.650. The molecular formula is C15H29NO2. The molecule has 0 amide bonds. The van der Waals surface area contributed by atoms with Crippen molar-refractivity contribution in [2.45, 2.75) is 59.4 Å². The van der Waals surface area contributed by atoms with Gasteiger partial charge in [0.15, 0.2) is 6.29 Å². The van der Waals surface area contributed by atoms with E-state index in [2.05, 4.69) is 37.4 Å². The van der Waals surface area contributed by atoms with Gasteiger partial charge in [-0.15, -0.1) is 0 Å². The number of hydrogen-bond donors (Lipinski definition) is 1. The van der Waals surface area contributed by atoms with Crippen LogP contribution in [-0.2, 0) is 9.47 Å². The lowest BCUT2D eigenvalue weighted by atomic mass is 10.1. The Bertz CT molecular complexity index is 270. The zero-order valence-electron chi connectivity index (χ0n) is 12.7. The zero-order chi connectivity index (χ0) is 14.0. The Balaban J connectivity index is 4.79. The summed E-state index contributed by atoms with van der Waals surface area (Å²) in [6.45, 7) is 10.9. The SMILES string of the molecule is CC/C=C\C(C)(C)OC(OCC)/C(=C\CC)NC. The molecule has 0 aliphatic heterocycles. The minimum Gasteiger partial charge on any atom is -0.388 e. The second kappa shape index (κ2) is 9.17. The van der Waals surface area contributed by atoms with Crippen LogP contribution in [0.5, 0.6) is 0 Å². The third-order valence-corrected chi connectivity index (χ3v) is 2.45. The Hall–Kier alpha value is -0.800. The minimum atomic E-state index is -0.337. The van der Waals surface area contributed by atoms with Gasteiger partial charge in [0, 0.05) is 13.7 Å². The highest BCUT2D eigenvalue weighted by molar-refractivity contribution is 5.05. The summed E-state index contributed by atoms with van der Waals surface area (Å²) in [6.07, 6.45) is 7.92. The molecule has 0 radical (unpaired) electrons. The fraction of sp³-hybridized carbons (Fsp3) is 0.733. The quantitative estimate of drug-likeness (QED) is 0.504. The van der Waals surface area contributed by atoms with Crippen LogP contribution >= 0.6 is 0 Å². The monoisotopic (exact) mass is 255 g/mol. The van der Waals surface area contributed by atoms with E-state index in [9.17, 15) is 0 Å². The van der Waals surface area contributed by atoms with Gasteiger partial charge in [0.25, 0.3) is 0 Å². The van der Waals surface area contributed by atoms with Gasteiger partial charge < -0.3 is 14.8 Å². The second-order valence-electron chi connectivity index (χ2n) is 4.64. The maximum atomic E-state index is 6.05. The maximum absolute atomic E-state index is 6.05. The molecule has 0 aliphatic rings. The first-order valence-electron chi connectivity index (χ1n) is 6.85. The van der Waals surface area contributed by atoms with Crippen molar-refractivity contribution in [2.24, 2.45) is 0 Å². The Kier molecular flexibility index (Phi) is 8.77. The second-order valence-corrected chi connectivity index (χ2v) is 4.64. The molecule has 0 aromatic rings. The first-order chi connectivity index (χ1) is 8.50. The topological polar surface area (TPSA) is 30.5 Å². The molecule has 1 N–H and O–H groups in total. The van der Waals surface area contributed by atoms with Gasteiger partial charge in [-0.3, -0.25) is 0 Å². The number of nitrogens with one attached hydrogen (secondary N) is 1. The molecule has 0 aromatic carbocycles. The molecule has 3 heteroatoms. The van der Waals surface area contributed by atoms with E-state index in [-0.39, 0.29) is 11.9 Å². The maximum Gasteiger partial charge on any atom is 0.199 e. The van der Waals surface area contributed by atoms with Crippen molar-refractivity contribution < 1.29 is 9.47 Å². The van der Waals surface area contributed by atoms with Crippen molar-refractivity contribution >= 4 is 0 Å². The van der Waals surface area contributed by atoms with Crippen molar-refractivity contribution in [2.75, 3.05) is 13.7 Å². The predicted molar refractivity (Wildman–Crippen MR) is 77.4 cm³/mol. The highest BCUT2D eigenvalue weighted by atomic mass is 16.7. The fourth-order valence-electron chi connectivity index (χ4n) is 1.59. The van der Waals surface area contributed by atoms with Crippen LogP contribution in [0.3, 0.4) is 0 Å². The molecule has 18 heavy (non-hydrogen) atoms. The summed E-state index contributed by atoms with van der Waals surface area (Å²) in [5.74, 6) is 0. The molecule has 0 fully saturated rings. The summed E-state index contributed by atoms with van der Waals surface area (Å²) in [4.78, 5) is 0. The van der Waals surface area contributed by atoms with E-state index in [1.807, 2.05) is 27.8 Å². The Morgan fingerprint density at radius 3 is 2.33 bits per heavy atom.